The van der Waals surface area contributed by atoms with E-state index < -0.39 is 0 Å². The molecule has 6 heteroatoms. The summed E-state index contributed by atoms with van der Waals surface area (Å²) < 4.78 is 24.0. The van der Waals surface area contributed by atoms with E-state index in [0.717, 1.165) is 11.4 Å². The molecule has 2 rings (SSSR count). The summed E-state index contributed by atoms with van der Waals surface area (Å²) in [5.74, 6) is 0.598. The Morgan fingerprint density at radius 2 is 1.83 bits per heavy atom. The molecule has 0 aliphatic rings. The topological polar surface area (TPSA) is 64.8 Å². The molecular weight excluding hydrogens is 311 g/mol. The molecule has 2 aromatic rings. The molecule has 0 saturated carbocycles. The van der Waals surface area contributed by atoms with Gasteiger partial charge in [-0.3, -0.25) is 4.79 Å². The van der Waals surface area contributed by atoms with Crippen LogP contribution < -0.4 is 20.1 Å². The van der Waals surface area contributed by atoms with Gasteiger partial charge >= 0.3 is 0 Å². The van der Waals surface area contributed by atoms with Crippen LogP contribution in [0.5, 0.6) is 11.5 Å². The van der Waals surface area contributed by atoms with Crippen LogP contribution in [0.2, 0.25) is 0 Å². The fourth-order valence-corrected chi connectivity index (χ4v) is 2.41. The lowest BCUT2D eigenvalue weighted by molar-refractivity contribution is -0.117. The third-order valence-corrected chi connectivity index (χ3v) is 3.67. The highest BCUT2D eigenvalue weighted by atomic mass is 19.1. The van der Waals surface area contributed by atoms with Crippen molar-refractivity contribution in [2.24, 2.45) is 5.73 Å². The molecule has 0 bridgehead atoms. The maximum absolute atomic E-state index is 13.6. The van der Waals surface area contributed by atoms with Crippen LogP contribution in [0, 0.1) is 5.82 Å². The summed E-state index contributed by atoms with van der Waals surface area (Å²) in [7, 11) is 3.13. The lowest BCUT2D eigenvalue weighted by Crippen LogP contribution is -2.28. The van der Waals surface area contributed by atoms with Crippen molar-refractivity contribution in [1.82, 2.24) is 0 Å². The fourth-order valence-electron chi connectivity index (χ4n) is 2.41. The molecule has 0 radical (unpaired) electrons. The molecule has 0 aliphatic heterocycles. The number of ether oxygens (including phenoxy) is 2. The summed E-state index contributed by atoms with van der Waals surface area (Å²) >= 11 is 0. The normalized spacial score (nSPS) is 10.3. The Hall–Kier alpha value is -2.76. The lowest BCUT2D eigenvalue weighted by atomic mass is 10.1. The second kappa shape index (κ2) is 8.19. The summed E-state index contributed by atoms with van der Waals surface area (Å²) in [6.07, 6.45) is 0.198. The number of amides is 1. The smallest absolute Gasteiger partial charge is 0.219 e. The van der Waals surface area contributed by atoms with Crippen LogP contribution >= 0.6 is 0 Å². The highest BCUT2D eigenvalue weighted by Gasteiger charge is 2.13. The molecule has 0 spiro atoms. The number of carbonyl (C=O) groups excluding carboxylic acids is 1. The third kappa shape index (κ3) is 4.62. The van der Waals surface area contributed by atoms with Crippen molar-refractivity contribution in [2.45, 2.75) is 13.0 Å². The van der Waals surface area contributed by atoms with Gasteiger partial charge in [-0.05, 0) is 42.5 Å². The van der Waals surface area contributed by atoms with Crippen LogP contribution in [0.3, 0.4) is 0 Å². The summed E-state index contributed by atoms with van der Waals surface area (Å²) in [4.78, 5) is 13.1. The van der Waals surface area contributed by atoms with Gasteiger partial charge in [-0.2, -0.15) is 0 Å². The van der Waals surface area contributed by atoms with Crippen LogP contribution in [-0.4, -0.2) is 26.7 Å². The van der Waals surface area contributed by atoms with Crippen molar-refractivity contribution < 1.29 is 18.7 Å². The van der Waals surface area contributed by atoms with Gasteiger partial charge in [-0.1, -0.05) is 0 Å². The molecule has 2 N–H and O–H groups in total. The molecule has 2 aromatic carbocycles. The Morgan fingerprint density at radius 3 is 2.42 bits per heavy atom. The molecule has 0 fully saturated rings. The van der Waals surface area contributed by atoms with Gasteiger partial charge in [0.15, 0.2) is 0 Å². The zero-order valence-electron chi connectivity index (χ0n) is 13.8. The lowest BCUT2D eigenvalue weighted by Gasteiger charge is -2.25. The molecule has 0 aliphatic carbocycles. The molecular formula is C18H21FN2O3. The van der Waals surface area contributed by atoms with Crippen molar-refractivity contribution >= 4 is 11.6 Å². The van der Waals surface area contributed by atoms with Crippen LogP contribution in [0.4, 0.5) is 10.1 Å². The monoisotopic (exact) mass is 332 g/mol. The van der Waals surface area contributed by atoms with Crippen molar-refractivity contribution in [3.63, 3.8) is 0 Å². The van der Waals surface area contributed by atoms with E-state index in [4.69, 9.17) is 15.2 Å². The van der Waals surface area contributed by atoms with Crippen molar-refractivity contribution in [3.05, 3.63) is 53.8 Å². The van der Waals surface area contributed by atoms with E-state index in [9.17, 15) is 9.18 Å². The first kappa shape index (κ1) is 17.6. The number of primary amides is 1. The zero-order valence-corrected chi connectivity index (χ0v) is 13.8. The Bertz CT molecular complexity index is 689. The number of benzene rings is 2. The number of halogens is 1. The number of carbonyl (C=O) groups is 1. The first-order chi connectivity index (χ1) is 11.5. The van der Waals surface area contributed by atoms with Gasteiger partial charge in [0.05, 0.1) is 14.2 Å². The number of rotatable bonds is 8. The van der Waals surface area contributed by atoms with Gasteiger partial charge in [0.25, 0.3) is 0 Å². The van der Waals surface area contributed by atoms with Crippen LogP contribution in [0.1, 0.15) is 12.0 Å². The summed E-state index contributed by atoms with van der Waals surface area (Å²) in [6.45, 7) is 0.807. The molecule has 0 saturated heterocycles. The highest BCUT2D eigenvalue weighted by Crippen LogP contribution is 2.26. The first-order valence-electron chi connectivity index (χ1n) is 7.53. The Balaban J connectivity index is 2.28. The standard InChI is InChI=1S/C18H21FN2O3/c1-23-16-6-4-15(5-7-16)21(10-9-18(20)22)12-13-11-14(19)3-8-17(13)24-2/h3-8,11H,9-10,12H2,1-2H3,(H2,20,22). The third-order valence-electron chi connectivity index (χ3n) is 3.67. The molecule has 0 heterocycles. The maximum Gasteiger partial charge on any atom is 0.219 e. The quantitative estimate of drug-likeness (QED) is 0.807. The maximum atomic E-state index is 13.6. The molecule has 24 heavy (non-hydrogen) atoms. The predicted molar refractivity (Wildman–Crippen MR) is 90.8 cm³/mol. The second-order valence-corrected chi connectivity index (χ2v) is 5.29. The number of nitrogens with zero attached hydrogens (tertiary/aromatic N) is 1. The van der Waals surface area contributed by atoms with E-state index in [1.54, 1.807) is 13.2 Å². The molecule has 0 unspecified atom stereocenters. The first-order valence-corrected chi connectivity index (χ1v) is 7.53. The minimum atomic E-state index is -0.389. The van der Waals surface area contributed by atoms with E-state index in [1.807, 2.05) is 29.2 Å². The van der Waals surface area contributed by atoms with Crippen LogP contribution in [-0.2, 0) is 11.3 Å². The SMILES string of the molecule is COc1ccc(N(CCC(N)=O)Cc2cc(F)ccc2OC)cc1. The van der Waals surface area contributed by atoms with Crippen LogP contribution in [0.15, 0.2) is 42.5 Å². The molecule has 5 nitrogen and oxygen atoms in total. The van der Waals surface area contributed by atoms with Gasteiger partial charge in [0, 0.05) is 30.8 Å². The van der Waals surface area contributed by atoms with Gasteiger partial charge < -0.3 is 20.1 Å². The van der Waals surface area contributed by atoms with Gasteiger partial charge in [-0.15, -0.1) is 0 Å². The molecule has 0 aromatic heterocycles. The predicted octanol–water partition coefficient (Wildman–Crippen LogP) is 2.72. The molecule has 1 amide bonds. The van der Waals surface area contributed by atoms with E-state index in [2.05, 4.69) is 0 Å². The van der Waals surface area contributed by atoms with E-state index in [0.29, 0.717) is 24.4 Å². The largest absolute Gasteiger partial charge is 0.497 e. The summed E-state index contributed by atoms with van der Waals surface area (Å²) in [5.41, 5.74) is 6.84. The minimum Gasteiger partial charge on any atom is -0.497 e. The van der Waals surface area contributed by atoms with E-state index in [-0.39, 0.29) is 18.1 Å². The van der Waals surface area contributed by atoms with E-state index in [1.165, 1.54) is 19.2 Å². The zero-order chi connectivity index (χ0) is 17.5. The number of methoxy groups -OCH3 is 2. The van der Waals surface area contributed by atoms with Gasteiger partial charge in [-0.25, -0.2) is 4.39 Å². The van der Waals surface area contributed by atoms with Gasteiger partial charge in [0.2, 0.25) is 5.91 Å². The molecule has 0 atom stereocenters. The van der Waals surface area contributed by atoms with Crippen LogP contribution in [0.25, 0.3) is 0 Å². The second-order valence-electron chi connectivity index (χ2n) is 5.29. The fraction of sp³-hybridized carbons (Fsp3) is 0.278. The van der Waals surface area contributed by atoms with Crippen molar-refractivity contribution in [1.29, 1.82) is 0 Å². The number of nitrogens with two attached hydrogens (primary N) is 1. The molecule has 128 valence electrons. The van der Waals surface area contributed by atoms with Gasteiger partial charge in [0.1, 0.15) is 17.3 Å². The highest BCUT2D eigenvalue weighted by molar-refractivity contribution is 5.74. The summed E-state index contributed by atoms with van der Waals surface area (Å²) in [6, 6.07) is 11.8. The average molecular weight is 332 g/mol. The number of anilines is 1. The summed E-state index contributed by atoms with van der Waals surface area (Å²) in [5, 5.41) is 0. The Kier molecular flexibility index (Phi) is 6.01. The van der Waals surface area contributed by atoms with E-state index >= 15 is 0 Å². The Morgan fingerprint density at radius 1 is 1.12 bits per heavy atom. The average Bonchev–Trinajstić information content (AvgIpc) is 2.58. The number of hydrogen-bond acceptors (Lipinski definition) is 4. The minimum absolute atomic E-state index is 0.198. The number of hydrogen-bond donors (Lipinski definition) is 1. The van der Waals surface area contributed by atoms with Crippen molar-refractivity contribution in [3.8, 4) is 11.5 Å². The Labute approximate surface area is 140 Å². The van der Waals surface area contributed by atoms with Crippen molar-refractivity contribution in [2.75, 3.05) is 25.7 Å².